The van der Waals surface area contributed by atoms with E-state index in [1.54, 1.807) is 22.6 Å². The van der Waals surface area contributed by atoms with Gasteiger partial charge in [0.05, 0.1) is 9.13 Å². The number of halogens is 5. The molecule has 0 fully saturated rings. The van der Waals surface area contributed by atoms with Gasteiger partial charge in [-0.25, -0.2) is 0 Å². The third kappa shape index (κ3) is 3.62. The molecule has 0 aliphatic rings. The molecule has 1 aromatic rings. The highest BCUT2D eigenvalue weighted by atomic mass is 127. The number of benzene rings is 1. The first-order valence-electron chi connectivity index (χ1n) is 3.96. The summed E-state index contributed by atoms with van der Waals surface area (Å²) in [4.78, 5) is 11.2. The lowest BCUT2D eigenvalue weighted by Gasteiger charge is -2.13. The lowest BCUT2D eigenvalue weighted by Crippen LogP contribution is -2.19. The van der Waals surface area contributed by atoms with Gasteiger partial charge in [0.15, 0.2) is 11.5 Å². The molecule has 0 N–H and O–H groups in total. The normalized spacial score (nSPS) is 11.4. The van der Waals surface area contributed by atoms with Gasteiger partial charge in [-0.05, 0) is 41.6 Å². The highest BCUT2D eigenvalue weighted by Crippen LogP contribution is 2.34. The van der Waals surface area contributed by atoms with Crippen LogP contribution in [-0.2, 0) is 0 Å². The number of Topliss-reactive ketones (excluding diaryl/α,β-unsaturated/α-hetero) is 1. The van der Waals surface area contributed by atoms with E-state index in [0.717, 1.165) is 0 Å². The van der Waals surface area contributed by atoms with Gasteiger partial charge >= 0.3 is 6.36 Å². The summed E-state index contributed by atoms with van der Waals surface area (Å²) in [5, 5.41) is 0. The van der Waals surface area contributed by atoms with Gasteiger partial charge in [0.25, 0.3) is 0 Å². The average Bonchev–Trinajstić information content (AvgIpc) is 2.07. The van der Waals surface area contributed by atoms with Crippen LogP contribution < -0.4 is 4.74 Å². The summed E-state index contributed by atoms with van der Waals surface area (Å²) in [6.07, 6.45) is -4.81. The third-order valence-corrected chi connectivity index (χ3v) is 2.86. The minimum absolute atomic E-state index is 0.101. The van der Waals surface area contributed by atoms with Gasteiger partial charge in [0.1, 0.15) is 0 Å². The molecule has 0 amide bonds. The Morgan fingerprint density at radius 1 is 1.44 bits per heavy atom. The Morgan fingerprint density at radius 2 is 2.00 bits per heavy atom. The molecule has 1 aromatic carbocycles. The van der Waals surface area contributed by atoms with Gasteiger partial charge in [-0.2, -0.15) is 0 Å². The Kier molecular flexibility index (Phi) is 4.22. The first-order valence-corrected chi connectivity index (χ1v) is 5.83. The van der Waals surface area contributed by atoms with Crippen LogP contribution in [0.4, 0.5) is 13.2 Å². The summed E-state index contributed by atoms with van der Waals surface area (Å²) in [5.41, 5.74) is -0.101. The monoisotopic (exact) mass is 408 g/mol. The number of ether oxygens (including phenoxy) is 1. The number of rotatable bonds is 2. The van der Waals surface area contributed by atoms with Gasteiger partial charge < -0.3 is 4.74 Å². The van der Waals surface area contributed by atoms with E-state index < -0.39 is 17.9 Å². The van der Waals surface area contributed by atoms with Crippen LogP contribution in [0.1, 0.15) is 17.3 Å². The maximum absolute atomic E-state index is 12.1. The van der Waals surface area contributed by atoms with Crippen molar-refractivity contribution in [1.82, 2.24) is 0 Å². The summed E-state index contributed by atoms with van der Waals surface area (Å²) < 4.78 is 40.9. The Bertz CT molecular complexity index is 431. The second kappa shape index (κ2) is 4.91. The van der Waals surface area contributed by atoms with Crippen molar-refractivity contribution in [2.24, 2.45) is 0 Å². The standard InChI is InChI=1S/C9H5BrF3IO2/c1-4(15)6-2-5(10)3-7(14)8(6)16-9(11,12)13/h2-3H,1H3. The van der Waals surface area contributed by atoms with Crippen molar-refractivity contribution in [3.8, 4) is 5.75 Å². The van der Waals surface area contributed by atoms with E-state index in [9.17, 15) is 18.0 Å². The van der Waals surface area contributed by atoms with E-state index in [0.29, 0.717) is 4.47 Å². The number of carbonyl (C=O) groups excluding carboxylic acids is 1. The molecule has 7 heteroatoms. The fourth-order valence-corrected chi connectivity index (χ4v) is 2.66. The highest BCUT2D eigenvalue weighted by Gasteiger charge is 2.33. The minimum atomic E-state index is -4.81. The number of hydrogen-bond acceptors (Lipinski definition) is 2. The van der Waals surface area contributed by atoms with Gasteiger partial charge in [-0.3, -0.25) is 4.79 Å². The molecule has 0 unspecified atom stereocenters. The molecule has 0 spiro atoms. The molecular weight excluding hydrogens is 404 g/mol. The van der Waals surface area contributed by atoms with Crippen molar-refractivity contribution in [3.63, 3.8) is 0 Å². The number of ketones is 1. The third-order valence-electron chi connectivity index (χ3n) is 1.61. The van der Waals surface area contributed by atoms with Crippen molar-refractivity contribution in [2.45, 2.75) is 13.3 Å². The van der Waals surface area contributed by atoms with E-state index in [-0.39, 0.29) is 9.13 Å². The molecule has 0 atom stereocenters. The molecule has 0 aliphatic heterocycles. The van der Waals surface area contributed by atoms with E-state index in [1.807, 2.05) is 0 Å². The Hall–Kier alpha value is -0.310. The van der Waals surface area contributed by atoms with Crippen LogP contribution in [0.5, 0.6) is 5.75 Å². The zero-order chi connectivity index (χ0) is 12.5. The molecule has 0 bridgehead atoms. The predicted molar refractivity (Wildman–Crippen MR) is 63.5 cm³/mol. The fourth-order valence-electron chi connectivity index (χ4n) is 1.04. The molecule has 0 saturated carbocycles. The van der Waals surface area contributed by atoms with Crippen LogP contribution in [0.25, 0.3) is 0 Å². The van der Waals surface area contributed by atoms with Gasteiger partial charge in [0, 0.05) is 4.47 Å². The maximum Gasteiger partial charge on any atom is 0.573 e. The summed E-state index contributed by atoms with van der Waals surface area (Å²) >= 11 is 4.78. The average molecular weight is 409 g/mol. The SMILES string of the molecule is CC(=O)c1cc(Br)cc(I)c1OC(F)(F)F. The van der Waals surface area contributed by atoms with Crippen LogP contribution in [0.15, 0.2) is 16.6 Å². The van der Waals surface area contributed by atoms with Crippen LogP contribution >= 0.6 is 38.5 Å². The minimum Gasteiger partial charge on any atom is -0.404 e. The van der Waals surface area contributed by atoms with Crippen LogP contribution in [0.3, 0.4) is 0 Å². The van der Waals surface area contributed by atoms with Gasteiger partial charge in [0.2, 0.25) is 0 Å². The van der Waals surface area contributed by atoms with Gasteiger partial charge in [-0.1, -0.05) is 15.9 Å². The van der Waals surface area contributed by atoms with Crippen molar-refractivity contribution < 1.29 is 22.7 Å². The summed E-state index contributed by atoms with van der Waals surface area (Å²) in [7, 11) is 0. The number of hydrogen-bond donors (Lipinski definition) is 0. The zero-order valence-corrected chi connectivity index (χ0v) is 11.6. The van der Waals surface area contributed by atoms with Crippen LogP contribution in [-0.4, -0.2) is 12.1 Å². The fraction of sp³-hybridized carbons (Fsp3) is 0.222. The first-order chi connectivity index (χ1) is 7.20. The second-order valence-corrected chi connectivity index (χ2v) is 4.95. The molecule has 0 heterocycles. The molecular formula is C9H5BrF3IO2. The largest absolute Gasteiger partial charge is 0.573 e. The van der Waals surface area contributed by atoms with E-state index in [4.69, 9.17) is 0 Å². The molecule has 0 aliphatic carbocycles. The van der Waals surface area contributed by atoms with Crippen molar-refractivity contribution in [2.75, 3.05) is 0 Å². The second-order valence-electron chi connectivity index (χ2n) is 2.87. The smallest absolute Gasteiger partial charge is 0.404 e. The van der Waals surface area contributed by atoms with Crippen LogP contribution in [0, 0.1) is 3.57 Å². The first kappa shape index (κ1) is 13.8. The van der Waals surface area contributed by atoms with E-state index in [1.165, 1.54) is 19.1 Å². The molecule has 0 saturated heterocycles. The van der Waals surface area contributed by atoms with Crippen molar-refractivity contribution in [3.05, 3.63) is 25.7 Å². The quantitative estimate of drug-likeness (QED) is 0.542. The van der Waals surface area contributed by atoms with Crippen molar-refractivity contribution >= 4 is 44.3 Å². The summed E-state index contributed by atoms with van der Waals surface area (Å²) in [6, 6.07) is 2.74. The van der Waals surface area contributed by atoms with Gasteiger partial charge in [-0.15, -0.1) is 13.2 Å². The zero-order valence-electron chi connectivity index (χ0n) is 7.86. The van der Waals surface area contributed by atoms with E-state index in [2.05, 4.69) is 20.7 Å². The Morgan fingerprint density at radius 3 is 2.44 bits per heavy atom. The van der Waals surface area contributed by atoms with Crippen molar-refractivity contribution in [1.29, 1.82) is 0 Å². The Balaban J connectivity index is 3.30. The summed E-state index contributed by atoms with van der Waals surface area (Å²) in [5.74, 6) is -0.942. The van der Waals surface area contributed by atoms with Crippen LogP contribution in [0.2, 0.25) is 0 Å². The maximum atomic E-state index is 12.1. The lowest BCUT2D eigenvalue weighted by molar-refractivity contribution is -0.275. The molecule has 0 radical (unpaired) electrons. The summed E-state index contributed by atoms with van der Waals surface area (Å²) in [6.45, 7) is 1.18. The molecule has 1 rings (SSSR count). The molecule has 0 aromatic heterocycles. The number of carbonyl (C=O) groups is 1. The Labute approximate surface area is 111 Å². The highest BCUT2D eigenvalue weighted by molar-refractivity contribution is 14.1. The molecule has 88 valence electrons. The number of alkyl halides is 3. The predicted octanol–water partition coefficient (Wildman–Crippen LogP) is 4.15. The molecule has 2 nitrogen and oxygen atoms in total. The molecule has 16 heavy (non-hydrogen) atoms. The topological polar surface area (TPSA) is 26.3 Å². The van der Waals surface area contributed by atoms with E-state index >= 15 is 0 Å². The lowest BCUT2D eigenvalue weighted by atomic mass is 10.1.